The number of rotatable bonds is 1. The molecule has 0 bridgehead atoms. The summed E-state index contributed by atoms with van der Waals surface area (Å²) in [6.07, 6.45) is 10.2. The fraction of sp³-hybridized carbons (Fsp3) is 0.619. The van der Waals surface area contributed by atoms with Crippen LogP contribution in [-0.4, -0.2) is 75.0 Å². The molecular formula is C21H30N6O2. The average Bonchev–Trinajstić information content (AvgIpc) is 3.21. The molecule has 0 aromatic carbocycles. The second kappa shape index (κ2) is 9.35. The Kier molecular flexibility index (Phi) is 6.39. The lowest BCUT2D eigenvalue weighted by Crippen LogP contribution is -2.43. The van der Waals surface area contributed by atoms with Crippen LogP contribution in [0.1, 0.15) is 55.3 Å². The summed E-state index contributed by atoms with van der Waals surface area (Å²) in [5, 5.41) is 7.13. The molecule has 156 valence electrons. The molecule has 2 fully saturated rings. The van der Waals surface area contributed by atoms with E-state index < -0.39 is 0 Å². The highest BCUT2D eigenvalue weighted by molar-refractivity contribution is 5.95. The summed E-state index contributed by atoms with van der Waals surface area (Å²) >= 11 is 0. The molecule has 4 rings (SSSR count). The number of carbonyl (C=O) groups is 2. The Morgan fingerprint density at radius 2 is 1.86 bits per heavy atom. The first kappa shape index (κ1) is 19.8. The first-order chi connectivity index (χ1) is 14.2. The summed E-state index contributed by atoms with van der Waals surface area (Å²) in [5.74, 6) is 0.156. The van der Waals surface area contributed by atoms with Crippen LogP contribution in [-0.2, 0) is 4.79 Å². The molecule has 1 atom stereocenters. The lowest BCUT2D eigenvalue weighted by molar-refractivity contribution is -0.122. The monoisotopic (exact) mass is 398 g/mol. The molecule has 8 heteroatoms. The van der Waals surface area contributed by atoms with Crippen LogP contribution < -0.4 is 5.32 Å². The highest BCUT2D eigenvalue weighted by atomic mass is 16.2. The van der Waals surface area contributed by atoms with Gasteiger partial charge in [-0.1, -0.05) is 6.42 Å². The van der Waals surface area contributed by atoms with Gasteiger partial charge in [-0.05, 0) is 57.3 Å². The third-order valence-electron chi connectivity index (χ3n) is 6.04. The van der Waals surface area contributed by atoms with E-state index in [2.05, 4.69) is 20.3 Å². The maximum atomic E-state index is 13.1. The van der Waals surface area contributed by atoms with Crippen molar-refractivity contribution < 1.29 is 9.59 Å². The van der Waals surface area contributed by atoms with Crippen LogP contribution in [0, 0.1) is 0 Å². The van der Waals surface area contributed by atoms with Gasteiger partial charge in [-0.2, -0.15) is 5.10 Å². The van der Waals surface area contributed by atoms with E-state index in [9.17, 15) is 9.59 Å². The fourth-order valence-corrected chi connectivity index (χ4v) is 4.43. The standard InChI is InChI=1S/C21H30N6O2/c28-20-15-18-6-1-2-9-25(18)10-3-4-11-26(12-5-8-22-20)21(29)17-7-13-27-19(14-17)23-16-24-27/h7,13-14,16,18H,1-6,8-12,15H2,(H,22,28). The fourth-order valence-electron chi connectivity index (χ4n) is 4.43. The van der Waals surface area contributed by atoms with Gasteiger partial charge in [0, 0.05) is 43.9 Å². The number of pyridine rings is 1. The van der Waals surface area contributed by atoms with Crippen molar-refractivity contribution in [2.75, 3.05) is 32.7 Å². The van der Waals surface area contributed by atoms with E-state index in [0.717, 1.165) is 45.3 Å². The predicted molar refractivity (Wildman–Crippen MR) is 110 cm³/mol. The van der Waals surface area contributed by atoms with Gasteiger partial charge in [-0.25, -0.2) is 9.50 Å². The van der Waals surface area contributed by atoms with Crippen LogP contribution in [0.25, 0.3) is 5.65 Å². The van der Waals surface area contributed by atoms with Crippen molar-refractivity contribution in [1.82, 2.24) is 29.7 Å². The number of hydrogen-bond acceptors (Lipinski definition) is 5. The summed E-state index contributed by atoms with van der Waals surface area (Å²) in [7, 11) is 0. The molecule has 0 radical (unpaired) electrons. The summed E-state index contributed by atoms with van der Waals surface area (Å²) < 4.78 is 1.65. The molecule has 0 spiro atoms. The van der Waals surface area contributed by atoms with Crippen LogP contribution in [0.4, 0.5) is 0 Å². The van der Waals surface area contributed by atoms with Crippen molar-refractivity contribution in [3.8, 4) is 0 Å². The third-order valence-corrected chi connectivity index (χ3v) is 6.04. The Hall–Kier alpha value is -2.48. The minimum absolute atomic E-state index is 0.0209. The normalized spacial score (nSPS) is 22.8. The van der Waals surface area contributed by atoms with Crippen LogP contribution in [0.2, 0.25) is 0 Å². The van der Waals surface area contributed by atoms with Crippen LogP contribution in [0.3, 0.4) is 0 Å². The Morgan fingerprint density at radius 1 is 1.07 bits per heavy atom. The second-order valence-corrected chi connectivity index (χ2v) is 8.07. The predicted octanol–water partition coefficient (Wildman–Crippen LogP) is 1.72. The molecule has 2 saturated heterocycles. The molecule has 1 N–H and O–H groups in total. The third kappa shape index (κ3) is 4.93. The van der Waals surface area contributed by atoms with Gasteiger partial charge < -0.3 is 10.2 Å². The van der Waals surface area contributed by atoms with E-state index in [1.165, 1.54) is 19.2 Å². The number of carbonyl (C=O) groups excluding carboxylic acids is 2. The molecule has 2 aromatic rings. The van der Waals surface area contributed by atoms with E-state index in [1.807, 2.05) is 4.90 Å². The number of hydrogen-bond donors (Lipinski definition) is 1. The first-order valence-electron chi connectivity index (χ1n) is 10.8. The van der Waals surface area contributed by atoms with Crippen molar-refractivity contribution in [2.24, 2.45) is 0 Å². The molecule has 2 aromatic heterocycles. The number of amides is 2. The Labute approximate surface area is 171 Å². The minimum atomic E-state index is 0.0209. The largest absolute Gasteiger partial charge is 0.356 e. The molecule has 8 nitrogen and oxygen atoms in total. The van der Waals surface area contributed by atoms with E-state index in [0.29, 0.717) is 36.8 Å². The first-order valence-corrected chi connectivity index (χ1v) is 10.8. The smallest absolute Gasteiger partial charge is 0.254 e. The Bertz CT molecular complexity index is 851. The average molecular weight is 399 g/mol. The van der Waals surface area contributed by atoms with Crippen LogP contribution >= 0.6 is 0 Å². The minimum Gasteiger partial charge on any atom is -0.356 e. The lowest BCUT2D eigenvalue weighted by Gasteiger charge is -2.35. The van der Waals surface area contributed by atoms with E-state index in [-0.39, 0.29) is 11.8 Å². The molecule has 1 unspecified atom stereocenters. The molecule has 2 aliphatic rings. The molecule has 0 aliphatic carbocycles. The van der Waals surface area contributed by atoms with Crippen molar-refractivity contribution in [2.45, 2.75) is 51.0 Å². The zero-order valence-electron chi connectivity index (χ0n) is 16.9. The van der Waals surface area contributed by atoms with Gasteiger partial charge in [-0.3, -0.25) is 14.5 Å². The maximum absolute atomic E-state index is 13.1. The van der Waals surface area contributed by atoms with Gasteiger partial charge in [-0.15, -0.1) is 0 Å². The SMILES string of the molecule is O=C1CC2CCCCN2CCCCN(C(=O)c2ccn3ncnc3c2)CCCN1. The Balaban J connectivity index is 1.43. The topological polar surface area (TPSA) is 82.8 Å². The summed E-state index contributed by atoms with van der Waals surface area (Å²) in [4.78, 5) is 34.0. The zero-order chi connectivity index (χ0) is 20.1. The highest BCUT2D eigenvalue weighted by Crippen LogP contribution is 2.20. The van der Waals surface area contributed by atoms with Crippen molar-refractivity contribution in [3.63, 3.8) is 0 Å². The van der Waals surface area contributed by atoms with E-state index >= 15 is 0 Å². The number of piperidine rings is 1. The summed E-state index contributed by atoms with van der Waals surface area (Å²) in [6, 6.07) is 3.96. The van der Waals surface area contributed by atoms with Crippen molar-refractivity contribution in [1.29, 1.82) is 0 Å². The molecule has 29 heavy (non-hydrogen) atoms. The van der Waals surface area contributed by atoms with Crippen molar-refractivity contribution >= 4 is 17.5 Å². The van der Waals surface area contributed by atoms with Gasteiger partial charge in [0.05, 0.1) is 0 Å². The van der Waals surface area contributed by atoms with Gasteiger partial charge in [0.1, 0.15) is 6.33 Å². The molecule has 2 amide bonds. The van der Waals surface area contributed by atoms with E-state index in [1.54, 1.807) is 22.8 Å². The number of aromatic nitrogens is 3. The number of nitrogens with zero attached hydrogens (tertiary/aromatic N) is 5. The Morgan fingerprint density at radius 3 is 2.76 bits per heavy atom. The van der Waals surface area contributed by atoms with Gasteiger partial charge in [0.15, 0.2) is 5.65 Å². The second-order valence-electron chi connectivity index (χ2n) is 8.07. The van der Waals surface area contributed by atoms with Crippen LogP contribution in [0.15, 0.2) is 24.7 Å². The number of nitrogens with one attached hydrogen (secondary N) is 1. The summed E-state index contributed by atoms with van der Waals surface area (Å²) in [5.41, 5.74) is 1.31. The maximum Gasteiger partial charge on any atom is 0.254 e. The quantitative estimate of drug-likeness (QED) is 0.791. The number of fused-ring (bicyclic) bond motifs is 2. The molecule has 4 heterocycles. The molecule has 2 aliphatic heterocycles. The van der Waals surface area contributed by atoms with E-state index in [4.69, 9.17) is 0 Å². The van der Waals surface area contributed by atoms with Crippen LogP contribution in [0.5, 0.6) is 0 Å². The van der Waals surface area contributed by atoms with Gasteiger partial charge in [0.2, 0.25) is 5.91 Å². The van der Waals surface area contributed by atoms with Gasteiger partial charge in [0.25, 0.3) is 5.91 Å². The highest BCUT2D eigenvalue weighted by Gasteiger charge is 2.25. The lowest BCUT2D eigenvalue weighted by atomic mass is 9.98. The van der Waals surface area contributed by atoms with Crippen molar-refractivity contribution in [3.05, 3.63) is 30.2 Å². The molecular weight excluding hydrogens is 368 g/mol. The summed E-state index contributed by atoms with van der Waals surface area (Å²) in [6.45, 7) is 4.08. The molecule has 0 saturated carbocycles. The zero-order valence-corrected chi connectivity index (χ0v) is 16.9. The van der Waals surface area contributed by atoms with Gasteiger partial charge >= 0.3 is 0 Å².